The van der Waals surface area contributed by atoms with Crippen molar-refractivity contribution >= 4 is 10.0 Å². The van der Waals surface area contributed by atoms with E-state index in [1.165, 1.54) is 11.8 Å². The molecule has 1 atom stereocenters. The first-order valence-corrected chi connectivity index (χ1v) is 8.01. The van der Waals surface area contributed by atoms with Crippen LogP contribution in [0.2, 0.25) is 0 Å². The van der Waals surface area contributed by atoms with Crippen molar-refractivity contribution in [3.8, 4) is 0 Å². The number of rotatable bonds is 3. The van der Waals surface area contributed by atoms with Gasteiger partial charge in [-0.1, -0.05) is 30.3 Å². The molecule has 1 aromatic rings. The van der Waals surface area contributed by atoms with E-state index < -0.39 is 10.0 Å². The van der Waals surface area contributed by atoms with Gasteiger partial charge in [0.2, 0.25) is 10.0 Å². The number of likely N-dealkylation sites (N-methyl/N-ethyl adjacent to an activating group) is 1. The molecular weight excluding hydrogens is 248 g/mol. The smallest absolute Gasteiger partial charge is 0.211 e. The van der Waals surface area contributed by atoms with Crippen LogP contribution in [0.4, 0.5) is 0 Å². The molecule has 100 valence electrons. The maximum absolute atomic E-state index is 11.8. The third-order valence-electron chi connectivity index (χ3n) is 3.37. The summed E-state index contributed by atoms with van der Waals surface area (Å²) in [6.07, 6.45) is 2.08. The zero-order valence-electron chi connectivity index (χ0n) is 10.9. The Morgan fingerprint density at radius 1 is 1.22 bits per heavy atom. The van der Waals surface area contributed by atoms with E-state index in [2.05, 4.69) is 17.0 Å². The van der Waals surface area contributed by atoms with Gasteiger partial charge in [0.1, 0.15) is 0 Å². The van der Waals surface area contributed by atoms with E-state index in [0.29, 0.717) is 6.54 Å². The first kappa shape index (κ1) is 13.5. The van der Waals surface area contributed by atoms with Crippen LogP contribution >= 0.6 is 0 Å². The number of sulfonamides is 1. The van der Waals surface area contributed by atoms with Crippen molar-refractivity contribution in [1.82, 2.24) is 9.21 Å². The van der Waals surface area contributed by atoms with E-state index >= 15 is 0 Å². The highest BCUT2D eigenvalue weighted by atomic mass is 32.2. The van der Waals surface area contributed by atoms with Gasteiger partial charge in [0.15, 0.2) is 0 Å². The molecule has 0 spiro atoms. The fourth-order valence-electron chi connectivity index (χ4n) is 2.48. The third-order valence-corrected chi connectivity index (χ3v) is 4.70. The highest BCUT2D eigenvalue weighted by Gasteiger charge is 2.31. The minimum Gasteiger partial charge on any atom is -0.303 e. The molecular formula is C13H20N2O2S. The lowest BCUT2D eigenvalue weighted by molar-refractivity contribution is 0.160. The van der Waals surface area contributed by atoms with Crippen molar-refractivity contribution in [1.29, 1.82) is 0 Å². The standard InChI is InChI=1S/C13H20N2O2S/c1-14-8-9-15(18(2,16)17)13(11-14)10-12-6-4-3-5-7-12/h3-7,13H,8-11H2,1-2H3. The molecule has 1 fully saturated rings. The van der Waals surface area contributed by atoms with E-state index in [1.807, 2.05) is 25.2 Å². The van der Waals surface area contributed by atoms with Crippen LogP contribution in [0.3, 0.4) is 0 Å². The van der Waals surface area contributed by atoms with Crippen LogP contribution in [0, 0.1) is 0 Å². The van der Waals surface area contributed by atoms with Gasteiger partial charge in [-0.25, -0.2) is 8.42 Å². The summed E-state index contributed by atoms with van der Waals surface area (Å²) in [5.74, 6) is 0. The van der Waals surface area contributed by atoms with Crippen molar-refractivity contribution in [2.24, 2.45) is 0 Å². The molecule has 1 aliphatic rings. The summed E-state index contributed by atoms with van der Waals surface area (Å²) < 4.78 is 25.2. The first-order chi connectivity index (χ1) is 8.47. The normalized spacial score (nSPS) is 23.1. The number of benzene rings is 1. The number of piperazine rings is 1. The lowest BCUT2D eigenvalue weighted by atomic mass is 10.0. The van der Waals surface area contributed by atoms with E-state index in [-0.39, 0.29) is 6.04 Å². The van der Waals surface area contributed by atoms with Crippen LogP contribution < -0.4 is 0 Å². The minimum absolute atomic E-state index is 0.0427. The van der Waals surface area contributed by atoms with Crippen LogP contribution in [-0.2, 0) is 16.4 Å². The van der Waals surface area contributed by atoms with Gasteiger partial charge >= 0.3 is 0 Å². The van der Waals surface area contributed by atoms with E-state index in [0.717, 1.165) is 19.5 Å². The molecule has 0 aromatic heterocycles. The summed E-state index contributed by atoms with van der Waals surface area (Å²) in [6, 6.07) is 10.1. The molecule has 1 heterocycles. The molecule has 0 radical (unpaired) electrons. The molecule has 18 heavy (non-hydrogen) atoms. The summed E-state index contributed by atoms with van der Waals surface area (Å²) in [5, 5.41) is 0. The Balaban J connectivity index is 2.16. The van der Waals surface area contributed by atoms with Gasteiger partial charge in [-0.15, -0.1) is 0 Å². The zero-order valence-corrected chi connectivity index (χ0v) is 11.7. The summed E-state index contributed by atoms with van der Waals surface area (Å²) >= 11 is 0. The predicted molar refractivity (Wildman–Crippen MR) is 73.0 cm³/mol. The van der Waals surface area contributed by atoms with Gasteiger partial charge in [0, 0.05) is 25.7 Å². The van der Waals surface area contributed by atoms with Crippen molar-refractivity contribution in [2.75, 3.05) is 32.9 Å². The fraction of sp³-hybridized carbons (Fsp3) is 0.538. The largest absolute Gasteiger partial charge is 0.303 e. The van der Waals surface area contributed by atoms with Gasteiger partial charge in [-0.2, -0.15) is 4.31 Å². The van der Waals surface area contributed by atoms with Gasteiger partial charge in [0.25, 0.3) is 0 Å². The van der Waals surface area contributed by atoms with Crippen LogP contribution in [0.5, 0.6) is 0 Å². The third kappa shape index (κ3) is 3.31. The molecule has 0 aliphatic carbocycles. The average Bonchev–Trinajstić information content (AvgIpc) is 2.28. The lowest BCUT2D eigenvalue weighted by Crippen LogP contribution is -2.54. The summed E-state index contributed by atoms with van der Waals surface area (Å²) in [4.78, 5) is 2.19. The van der Waals surface area contributed by atoms with Crippen LogP contribution in [0.15, 0.2) is 30.3 Å². The SMILES string of the molecule is CN1CCN(S(C)(=O)=O)C(Cc2ccccc2)C1. The molecule has 5 heteroatoms. The molecule has 1 saturated heterocycles. The molecule has 0 N–H and O–H groups in total. The topological polar surface area (TPSA) is 40.6 Å². The van der Waals surface area contributed by atoms with E-state index in [9.17, 15) is 8.42 Å². The van der Waals surface area contributed by atoms with E-state index in [4.69, 9.17) is 0 Å². The highest BCUT2D eigenvalue weighted by Crippen LogP contribution is 2.16. The van der Waals surface area contributed by atoms with Crippen molar-refractivity contribution in [3.05, 3.63) is 35.9 Å². The molecule has 2 rings (SSSR count). The summed E-state index contributed by atoms with van der Waals surface area (Å²) in [5.41, 5.74) is 1.19. The van der Waals surface area contributed by atoms with Gasteiger partial charge in [-0.3, -0.25) is 0 Å². The molecule has 1 aliphatic heterocycles. The van der Waals surface area contributed by atoms with E-state index in [1.54, 1.807) is 4.31 Å². The maximum Gasteiger partial charge on any atom is 0.211 e. The number of hydrogen-bond acceptors (Lipinski definition) is 3. The number of nitrogens with zero attached hydrogens (tertiary/aromatic N) is 2. The molecule has 1 aromatic carbocycles. The molecule has 0 bridgehead atoms. The maximum atomic E-state index is 11.8. The first-order valence-electron chi connectivity index (χ1n) is 6.16. The average molecular weight is 268 g/mol. The predicted octanol–water partition coefficient (Wildman–Crippen LogP) is 0.805. The van der Waals surface area contributed by atoms with Crippen molar-refractivity contribution < 1.29 is 8.42 Å². The molecule has 0 amide bonds. The zero-order chi connectivity index (χ0) is 13.2. The van der Waals surface area contributed by atoms with Crippen molar-refractivity contribution in [2.45, 2.75) is 12.5 Å². The monoisotopic (exact) mass is 268 g/mol. The Morgan fingerprint density at radius 3 is 2.50 bits per heavy atom. The van der Waals surface area contributed by atoms with Crippen molar-refractivity contribution in [3.63, 3.8) is 0 Å². The second-order valence-electron chi connectivity index (χ2n) is 4.98. The quantitative estimate of drug-likeness (QED) is 0.814. The molecule has 4 nitrogen and oxygen atoms in total. The Morgan fingerprint density at radius 2 is 1.89 bits per heavy atom. The Bertz CT molecular complexity index is 487. The van der Waals surface area contributed by atoms with Crippen LogP contribution in [0.25, 0.3) is 0 Å². The fourth-order valence-corrected chi connectivity index (χ4v) is 3.58. The summed E-state index contributed by atoms with van der Waals surface area (Å²) in [7, 11) is -1.07. The summed E-state index contributed by atoms with van der Waals surface area (Å²) in [6.45, 7) is 2.19. The Labute approximate surface area is 109 Å². The number of hydrogen-bond donors (Lipinski definition) is 0. The second-order valence-corrected chi connectivity index (χ2v) is 6.91. The lowest BCUT2D eigenvalue weighted by Gasteiger charge is -2.38. The minimum atomic E-state index is -3.11. The van der Waals surface area contributed by atoms with Crippen LogP contribution in [-0.4, -0.2) is 56.6 Å². The Kier molecular flexibility index (Phi) is 4.04. The highest BCUT2D eigenvalue weighted by molar-refractivity contribution is 7.88. The van der Waals surface area contributed by atoms with Gasteiger partial charge < -0.3 is 4.90 Å². The van der Waals surface area contributed by atoms with Crippen LogP contribution in [0.1, 0.15) is 5.56 Å². The molecule has 0 saturated carbocycles. The second kappa shape index (κ2) is 5.38. The van der Waals surface area contributed by atoms with Gasteiger partial charge in [-0.05, 0) is 19.0 Å². The molecule has 1 unspecified atom stereocenters. The van der Waals surface area contributed by atoms with Gasteiger partial charge in [0.05, 0.1) is 6.26 Å². The Hall–Kier alpha value is -0.910.